The van der Waals surface area contributed by atoms with Crippen LogP contribution in [-0.4, -0.2) is 11.0 Å². The third kappa shape index (κ3) is 2.44. The number of hydrogen-bond acceptors (Lipinski definition) is 3. The molecule has 0 spiro atoms. The van der Waals surface area contributed by atoms with Crippen LogP contribution in [0.1, 0.15) is 33.4 Å². The van der Waals surface area contributed by atoms with Gasteiger partial charge in [0.15, 0.2) is 5.78 Å². The lowest BCUT2D eigenvalue weighted by atomic mass is 9.98. The Balaban J connectivity index is 2.21. The number of ketones is 1. The third-order valence-electron chi connectivity index (χ3n) is 3.62. The van der Waals surface area contributed by atoms with Crippen LogP contribution in [0.25, 0.3) is 22.1 Å². The van der Waals surface area contributed by atoms with Crippen LogP contribution in [-0.2, 0) is 0 Å². The van der Waals surface area contributed by atoms with Crippen molar-refractivity contribution < 1.29 is 14.0 Å². The Morgan fingerprint density at radius 2 is 1.73 bits per heavy atom. The minimum absolute atomic E-state index is 0.0268. The number of hydrogen-bond donors (Lipinski definition) is 0. The first-order chi connectivity index (χ1) is 10.5. The first kappa shape index (κ1) is 14.5. The number of rotatable bonds is 3. The summed E-state index contributed by atoms with van der Waals surface area (Å²) in [6.45, 7) is 3.36. The van der Waals surface area contributed by atoms with Gasteiger partial charge >= 0.3 is 0 Å². The molecule has 0 saturated heterocycles. The maximum absolute atomic E-state index is 11.5. The number of aryl methyl sites for hydroxylation is 1. The van der Waals surface area contributed by atoms with E-state index >= 15 is 0 Å². The SMILES string of the molecule is CC(=O)c1ccc(-c2ccc(C(=O)Cl)c3oc(C)cc23)cc1. The largest absolute Gasteiger partial charge is 0.461 e. The van der Waals surface area contributed by atoms with E-state index in [0.29, 0.717) is 22.5 Å². The van der Waals surface area contributed by atoms with Gasteiger partial charge in [-0.2, -0.15) is 0 Å². The summed E-state index contributed by atoms with van der Waals surface area (Å²) in [6, 6.07) is 12.7. The molecule has 3 aromatic rings. The smallest absolute Gasteiger partial charge is 0.256 e. The molecule has 0 aliphatic heterocycles. The lowest BCUT2D eigenvalue weighted by Crippen LogP contribution is -1.92. The van der Waals surface area contributed by atoms with Gasteiger partial charge in [-0.3, -0.25) is 9.59 Å². The van der Waals surface area contributed by atoms with Crippen molar-refractivity contribution in [3.05, 3.63) is 59.4 Å². The fraction of sp³-hybridized carbons (Fsp3) is 0.111. The molecule has 0 aliphatic rings. The molecule has 0 amide bonds. The standard InChI is InChI=1S/C18H13ClO3/c1-10-9-16-14(7-8-15(18(19)21)17(16)22-10)13-5-3-12(4-6-13)11(2)20/h3-9H,1-2H3. The molecule has 0 fully saturated rings. The second kappa shape index (κ2) is 5.43. The van der Waals surface area contributed by atoms with E-state index in [9.17, 15) is 9.59 Å². The fourth-order valence-electron chi connectivity index (χ4n) is 2.54. The molecule has 2 aromatic carbocycles. The van der Waals surface area contributed by atoms with Gasteiger partial charge in [0.05, 0.1) is 5.56 Å². The van der Waals surface area contributed by atoms with E-state index in [1.165, 1.54) is 6.92 Å². The average Bonchev–Trinajstić information content (AvgIpc) is 2.87. The molecule has 0 unspecified atom stereocenters. The van der Waals surface area contributed by atoms with Crippen LogP contribution >= 0.6 is 11.6 Å². The van der Waals surface area contributed by atoms with Gasteiger partial charge in [0.1, 0.15) is 11.3 Å². The average molecular weight is 313 g/mol. The van der Waals surface area contributed by atoms with Crippen molar-refractivity contribution in [2.75, 3.05) is 0 Å². The van der Waals surface area contributed by atoms with Crippen LogP contribution in [0.5, 0.6) is 0 Å². The maximum atomic E-state index is 11.5. The van der Waals surface area contributed by atoms with Crippen molar-refractivity contribution in [1.82, 2.24) is 0 Å². The maximum Gasteiger partial charge on any atom is 0.256 e. The van der Waals surface area contributed by atoms with Crippen molar-refractivity contribution in [2.45, 2.75) is 13.8 Å². The number of Topliss-reactive ketones (excluding diaryl/α,β-unsaturated/α-hetero) is 1. The number of furan rings is 1. The topological polar surface area (TPSA) is 47.3 Å². The molecular formula is C18H13ClO3. The van der Waals surface area contributed by atoms with E-state index in [1.807, 2.05) is 31.2 Å². The van der Waals surface area contributed by atoms with Gasteiger partial charge in [-0.15, -0.1) is 0 Å². The Labute approximate surface area is 132 Å². The van der Waals surface area contributed by atoms with Crippen LogP contribution in [0, 0.1) is 6.92 Å². The molecule has 1 heterocycles. The zero-order chi connectivity index (χ0) is 15.9. The van der Waals surface area contributed by atoms with Crippen LogP contribution in [0.2, 0.25) is 0 Å². The second-order valence-corrected chi connectivity index (χ2v) is 5.51. The molecule has 110 valence electrons. The summed E-state index contributed by atoms with van der Waals surface area (Å²) in [5.41, 5.74) is 3.39. The minimum atomic E-state index is -0.544. The van der Waals surface area contributed by atoms with Gasteiger partial charge in [0.2, 0.25) is 0 Å². The summed E-state index contributed by atoms with van der Waals surface area (Å²) < 4.78 is 5.63. The molecule has 0 bridgehead atoms. The summed E-state index contributed by atoms with van der Waals surface area (Å²) >= 11 is 5.61. The number of carbonyl (C=O) groups is 2. The first-order valence-electron chi connectivity index (χ1n) is 6.81. The van der Waals surface area contributed by atoms with Gasteiger partial charge in [0, 0.05) is 10.9 Å². The summed E-state index contributed by atoms with van der Waals surface area (Å²) in [6.07, 6.45) is 0. The molecule has 0 saturated carbocycles. The van der Waals surface area contributed by atoms with Crippen molar-refractivity contribution >= 4 is 33.6 Å². The lowest BCUT2D eigenvalue weighted by Gasteiger charge is -2.06. The predicted octanol–water partition coefficient (Wildman–Crippen LogP) is 4.99. The number of fused-ring (bicyclic) bond motifs is 1. The normalized spacial score (nSPS) is 10.9. The highest BCUT2D eigenvalue weighted by Crippen LogP contribution is 2.33. The van der Waals surface area contributed by atoms with Crippen LogP contribution in [0.15, 0.2) is 46.9 Å². The molecule has 3 nitrogen and oxygen atoms in total. The van der Waals surface area contributed by atoms with E-state index in [0.717, 1.165) is 16.5 Å². The minimum Gasteiger partial charge on any atom is -0.461 e. The summed E-state index contributed by atoms with van der Waals surface area (Å²) in [4.78, 5) is 22.9. The van der Waals surface area contributed by atoms with Crippen LogP contribution in [0.3, 0.4) is 0 Å². The highest BCUT2D eigenvalue weighted by atomic mass is 35.5. The third-order valence-corrected chi connectivity index (χ3v) is 3.82. The van der Waals surface area contributed by atoms with E-state index in [4.69, 9.17) is 16.0 Å². The van der Waals surface area contributed by atoms with Gasteiger partial charge in [-0.25, -0.2) is 0 Å². The second-order valence-electron chi connectivity index (χ2n) is 5.17. The molecule has 0 aliphatic carbocycles. The molecule has 0 atom stereocenters. The zero-order valence-corrected chi connectivity index (χ0v) is 12.9. The van der Waals surface area contributed by atoms with E-state index in [2.05, 4.69) is 0 Å². The van der Waals surface area contributed by atoms with Gasteiger partial charge in [0.25, 0.3) is 5.24 Å². The zero-order valence-electron chi connectivity index (χ0n) is 12.1. The molecular weight excluding hydrogens is 300 g/mol. The molecule has 22 heavy (non-hydrogen) atoms. The molecule has 3 rings (SSSR count). The Morgan fingerprint density at radius 1 is 1.05 bits per heavy atom. The van der Waals surface area contributed by atoms with E-state index in [-0.39, 0.29) is 5.78 Å². The molecule has 0 radical (unpaired) electrons. The first-order valence-corrected chi connectivity index (χ1v) is 7.19. The highest BCUT2D eigenvalue weighted by Gasteiger charge is 2.16. The van der Waals surface area contributed by atoms with Gasteiger partial charge in [-0.05, 0) is 48.7 Å². The van der Waals surface area contributed by atoms with Crippen LogP contribution < -0.4 is 0 Å². The summed E-state index contributed by atoms with van der Waals surface area (Å²) in [5, 5.41) is 0.289. The fourth-order valence-corrected chi connectivity index (χ4v) is 2.69. The van der Waals surface area contributed by atoms with Crippen LogP contribution in [0.4, 0.5) is 0 Å². The Bertz CT molecular complexity index is 889. The van der Waals surface area contributed by atoms with E-state index < -0.39 is 5.24 Å². The number of carbonyl (C=O) groups excluding carboxylic acids is 2. The van der Waals surface area contributed by atoms with Gasteiger partial charge in [-0.1, -0.05) is 30.3 Å². The van der Waals surface area contributed by atoms with E-state index in [1.54, 1.807) is 18.2 Å². The monoisotopic (exact) mass is 312 g/mol. The quantitative estimate of drug-likeness (QED) is 0.505. The van der Waals surface area contributed by atoms with Gasteiger partial charge < -0.3 is 4.42 Å². The van der Waals surface area contributed by atoms with Crippen molar-refractivity contribution in [1.29, 1.82) is 0 Å². The molecule has 0 N–H and O–H groups in total. The number of halogens is 1. The Morgan fingerprint density at radius 3 is 2.32 bits per heavy atom. The Kier molecular flexibility index (Phi) is 3.59. The molecule has 1 aromatic heterocycles. The lowest BCUT2D eigenvalue weighted by molar-refractivity contribution is 0.101. The predicted molar refractivity (Wildman–Crippen MR) is 86.6 cm³/mol. The highest BCUT2D eigenvalue weighted by molar-refractivity contribution is 6.68. The van der Waals surface area contributed by atoms with Crippen molar-refractivity contribution in [3.8, 4) is 11.1 Å². The summed E-state index contributed by atoms with van der Waals surface area (Å²) in [5.74, 6) is 0.737. The number of benzene rings is 2. The molecule has 4 heteroatoms. The summed E-state index contributed by atoms with van der Waals surface area (Å²) in [7, 11) is 0. The van der Waals surface area contributed by atoms with Crippen molar-refractivity contribution in [3.63, 3.8) is 0 Å². The Hall–Kier alpha value is -2.39. The van der Waals surface area contributed by atoms with Crippen molar-refractivity contribution in [2.24, 2.45) is 0 Å².